The summed E-state index contributed by atoms with van der Waals surface area (Å²) >= 11 is 0. The normalized spacial score (nSPS) is 18.0. The maximum atomic E-state index is 10.8. The second-order valence-corrected chi connectivity index (χ2v) is 30.3. The van der Waals surface area contributed by atoms with Crippen LogP contribution >= 0.6 is 0 Å². The van der Waals surface area contributed by atoms with Crippen molar-refractivity contribution in [2.24, 2.45) is 0 Å². The van der Waals surface area contributed by atoms with Crippen LogP contribution in [-0.4, -0.2) is 133 Å². The number of phenols is 19. The molecule has 26 nitrogen and oxygen atoms in total. The summed E-state index contributed by atoms with van der Waals surface area (Å²) in [7, 11) is 0. The monoisotopic (exact) mass is 1640 g/mol. The predicted molar refractivity (Wildman–Crippen MR) is 447 cm³/mol. The standard InChI is InChI=1S/2C24H16O8.2C16H12O4.C16H12O2/c25-17-1-9-10(2-18(17)26)12-4-21(29)22(30)6-14(12)16-8-24(32)23(31)7-15(16)13-5-20(28)19(27)3-11(9)13;25-9-1-2-10(26)18-17(9)19-11(27)3-4-13(29)21(19)23-15(31)7-8-16(32)24(23)22-14(30)6-5-12(28)20(18)22;17-11-3-1-7-13(19)5-10-12(18)4-2-8-14(20)6-9(11)15(7)16(8)10;17-11-5-13(19)9-3-4-10-14(20)6-12(18)8-2-1-7(11)15(9)16(8)10;17-13-7-6-10-5-4-9-2-1-3-11-14(18)8-12(13)16(10)15(9)11/h2*1-8,25-32H;1-6,13,16-20H;1-3,5-6,15,17-20H,4H2;1-8,14,16-18H. The van der Waals surface area contributed by atoms with Gasteiger partial charge in [0.05, 0.1) is 12.2 Å². The molecule has 608 valence electrons. The smallest absolute Gasteiger partial charge is 0.158 e. The Morgan fingerprint density at radius 1 is 0.254 bits per heavy atom. The molecule has 5 unspecified atom stereocenters. The predicted octanol–water partition coefficient (Wildman–Crippen LogP) is 17.5. The lowest BCUT2D eigenvalue weighted by Crippen LogP contribution is -2.23. The maximum absolute atomic E-state index is 10.8. The van der Waals surface area contributed by atoms with Gasteiger partial charge >= 0.3 is 0 Å². The topological polar surface area (TPSA) is 526 Å². The van der Waals surface area contributed by atoms with E-state index in [1.807, 2.05) is 24.3 Å². The molecule has 0 aliphatic heterocycles. The van der Waals surface area contributed by atoms with E-state index >= 15 is 0 Å². The summed E-state index contributed by atoms with van der Waals surface area (Å²) in [6, 6.07) is 29.9. The maximum Gasteiger partial charge on any atom is 0.158 e. The van der Waals surface area contributed by atoms with Crippen LogP contribution in [0.4, 0.5) is 0 Å². The zero-order valence-corrected chi connectivity index (χ0v) is 62.9. The number of fused-ring (bicyclic) bond motifs is 16. The highest BCUT2D eigenvalue weighted by Gasteiger charge is 2.43. The van der Waals surface area contributed by atoms with E-state index in [-0.39, 0.29) is 108 Å². The Morgan fingerprint density at radius 2 is 0.631 bits per heavy atom. The number of aromatic hydroxyl groups is 19. The van der Waals surface area contributed by atoms with Crippen molar-refractivity contribution in [2.75, 3.05) is 0 Å². The fraction of sp³-hybridized carbons (Fsp3) is 0.0625. The van der Waals surface area contributed by atoms with Crippen LogP contribution in [0.15, 0.2) is 256 Å². The fourth-order valence-corrected chi connectivity index (χ4v) is 18.1. The molecule has 0 bridgehead atoms. The molecule has 0 saturated carbocycles. The summed E-state index contributed by atoms with van der Waals surface area (Å²) in [4.78, 5) is 0. The Morgan fingerprint density at radius 3 is 1.05 bits per heavy atom. The molecule has 122 heavy (non-hydrogen) atoms. The molecule has 0 fully saturated rings. The fourth-order valence-electron chi connectivity index (χ4n) is 18.1. The largest absolute Gasteiger partial charge is 0.508 e. The van der Waals surface area contributed by atoms with Crippen LogP contribution < -0.4 is 0 Å². The Bertz CT molecular complexity index is 6290. The molecule has 0 spiro atoms. The third kappa shape index (κ3) is 11.8. The van der Waals surface area contributed by atoms with Crippen LogP contribution in [0.3, 0.4) is 0 Å². The minimum Gasteiger partial charge on any atom is -0.508 e. The number of phenolic OH excluding ortho intramolecular Hbond substituents is 19. The molecule has 11 aliphatic carbocycles. The number of rotatable bonds is 0. The van der Waals surface area contributed by atoms with Crippen molar-refractivity contribution < 1.29 is 133 Å². The van der Waals surface area contributed by atoms with Crippen LogP contribution in [0.5, 0.6) is 109 Å². The number of benzene rings is 11. The van der Waals surface area contributed by atoms with Gasteiger partial charge in [-0.1, -0.05) is 66.8 Å². The van der Waals surface area contributed by atoms with Gasteiger partial charge in [-0.15, -0.1) is 0 Å². The molecular formula is C96H68O26. The third-order valence-corrected chi connectivity index (χ3v) is 23.6. The van der Waals surface area contributed by atoms with Gasteiger partial charge < -0.3 is 133 Å². The molecule has 5 atom stereocenters. The van der Waals surface area contributed by atoms with Gasteiger partial charge in [-0.25, -0.2) is 0 Å². The Labute approximate surface area is 688 Å². The molecule has 11 aromatic rings. The molecule has 11 aliphatic rings. The average molecular weight is 1640 g/mol. The first kappa shape index (κ1) is 76.7. The number of hydrogen-bond donors (Lipinski definition) is 26. The van der Waals surface area contributed by atoms with E-state index in [1.54, 1.807) is 42.5 Å². The highest BCUT2D eigenvalue weighted by molar-refractivity contribution is 6.13. The van der Waals surface area contributed by atoms with Gasteiger partial charge in [0, 0.05) is 119 Å². The van der Waals surface area contributed by atoms with Crippen molar-refractivity contribution in [3.63, 3.8) is 0 Å². The Kier molecular flexibility index (Phi) is 17.7. The summed E-state index contributed by atoms with van der Waals surface area (Å²) in [6.07, 6.45) is 21.5. The van der Waals surface area contributed by atoms with Crippen LogP contribution in [-0.2, 0) is 6.42 Å². The Balaban J connectivity index is 0.000000106. The van der Waals surface area contributed by atoms with Crippen LogP contribution in [0, 0.1) is 0 Å². The van der Waals surface area contributed by atoms with Crippen molar-refractivity contribution in [3.8, 4) is 198 Å². The van der Waals surface area contributed by atoms with Crippen LogP contribution in [0.2, 0.25) is 0 Å². The Hall–Kier alpha value is -16.6. The van der Waals surface area contributed by atoms with Gasteiger partial charge in [-0.2, -0.15) is 0 Å². The molecular weight excluding hydrogens is 1570 g/mol. The number of allylic oxidation sites excluding steroid dienone is 14. The van der Waals surface area contributed by atoms with E-state index in [9.17, 15) is 133 Å². The van der Waals surface area contributed by atoms with Gasteiger partial charge in [0.2, 0.25) is 0 Å². The highest BCUT2D eigenvalue weighted by Crippen LogP contribution is 2.65. The average Bonchev–Trinajstić information content (AvgIpc) is 0.742. The first-order chi connectivity index (χ1) is 58.3. The van der Waals surface area contributed by atoms with Gasteiger partial charge in [0.15, 0.2) is 46.0 Å². The highest BCUT2D eigenvalue weighted by atomic mass is 16.3. The van der Waals surface area contributed by atoms with Crippen molar-refractivity contribution in [3.05, 3.63) is 307 Å². The SMILES string of the molecule is OC1=CC(O)=C2C=Cc3c(O)cc(O)c4c3C2C1=CC4.OC1=CC=C2C(O)=Cc3c(O)ccc4c3C2C1=CC4O.OC1=CC=C2C=Cc3cccc4c3C2C1=CC4O.Oc1cc2c(cc1O)-c1cc(O)c(O)cc1-c1cc(O)c(O)cc1-c1cc(O)c(O)cc1-2.Oc1ccc(O)c2c1-c1c(O)ccc(O)c1-c1c(O)ccc(O)c1-c1c(O)ccc(O)c1-2. The number of hydrogen-bond acceptors (Lipinski definition) is 26. The summed E-state index contributed by atoms with van der Waals surface area (Å²) in [5.74, 6) is -6.94. The van der Waals surface area contributed by atoms with E-state index in [0.717, 1.165) is 87.5 Å². The summed E-state index contributed by atoms with van der Waals surface area (Å²) in [5, 5.41) is 268. The lowest BCUT2D eigenvalue weighted by Gasteiger charge is -2.36. The zero-order chi connectivity index (χ0) is 86.1. The molecule has 26 N–H and O–H groups in total. The van der Waals surface area contributed by atoms with E-state index in [4.69, 9.17) is 0 Å². The van der Waals surface area contributed by atoms with Gasteiger partial charge in [0.25, 0.3) is 0 Å². The molecule has 0 aromatic heterocycles. The van der Waals surface area contributed by atoms with E-state index in [0.29, 0.717) is 89.9 Å². The second kappa shape index (κ2) is 28.1. The molecule has 0 heterocycles. The van der Waals surface area contributed by atoms with E-state index in [2.05, 4.69) is 18.2 Å². The van der Waals surface area contributed by atoms with Gasteiger partial charge in [-0.3, -0.25) is 0 Å². The molecule has 22 rings (SSSR count). The quantitative estimate of drug-likeness (QED) is 0.0495. The summed E-state index contributed by atoms with van der Waals surface area (Å²) < 4.78 is 0. The summed E-state index contributed by atoms with van der Waals surface area (Å²) in [5.41, 5.74) is 13.2. The van der Waals surface area contributed by atoms with Gasteiger partial charge in [0.1, 0.15) is 92.0 Å². The van der Waals surface area contributed by atoms with E-state index in [1.165, 1.54) is 84.5 Å². The molecule has 11 aromatic carbocycles. The van der Waals surface area contributed by atoms with Crippen molar-refractivity contribution in [1.82, 2.24) is 0 Å². The minimum atomic E-state index is -0.834. The van der Waals surface area contributed by atoms with Gasteiger partial charge in [-0.05, 0) is 223 Å². The first-order valence-electron chi connectivity index (χ1n) is 37.6. The van der Waals surface area contributed by atoms with Crippen LogP contribution in [0.25, 0.3) is 107 Å². The third-order valence-electron chi connectivity index (χ3n) is 23.6. The minimum absolute atomic E-state index is 0.00586. The molecule has 26 heteroatoms. The van der Waals surface area contributed by atoms with Crippen LogP contribution in [0.1, 0.15) is 80.0 Å². The molecule has 0 radical (unpaired) electrons. The van der Waals surface area contributed by atoms with Crippen molar-refractivity contribution >= 4 is 18.2 Å². The second-order valence-electron chi connectivity index (χ2n) is 30.3. The summed E-state index contributed by atoms with van der Waals surface area (Å²) in [6.45, 7) is 0. The van der Waals surface area contributed by atoms with E-state index < -0.39 is 104 Å². The first-order valence-corrected chi connectivity index (χ1v) is 37.6. The van der Waals surface area contributed by atoms with Crippen molar-refractivity contribution in [2.45, 2.75) is 36.4 Å². The van der Waals surface area contributed by atoms with Crippen molar-refractivity contribution in [1.29, 1.82) is 0 Å². The molecule has 0 amide bonds. The molecule has 0 saturated heterocycles. The number of aliphatic hydroxyl groups excluding tert-OH is 7. The lowest BCUT2D eigenvalue weighted by molar-refractivity contribution is 0.221. The lowest BCUT2D eigenvalue weighted by atomic mass is 9.69. The number of aliphatic hydroxyl groups is 7. The zero-order valence-electron chi connectivity index (χ0n) is 62.9.